The van der Waals surface area contributed by atoms with Crippen LogP contribution in [0.1, 0.15) is 21.5 Å². The monoisotopic (exact) mass is 364 g/mol. The van der Waals surface area contributed by atoms with Gasteiger partial charge in [-0.1, -0.05) is 41.4 Å². The Balaban J connectivity index is 2.23. The summed E-state index contributed by atoms with van der Waals surface area (Å²) in [5.74, 6) is 0.253. The average molecular weight is 365 g/mol. The third kappa shape index (κ3) is 4.59. The Morgan fingerprint density at radius 3 is 2.71 bits per heavy atom. The van der Waals surface area contributed by atoms with Gasteiger partial charge in [-0.2, -0.15) is 0 Å². The summed E-state index contributed by atoms with van der Waals surface area (Å²) in [6.45, 7) is 2.34. The Labute approximate surface area is 150 Å². The standard InChI is InChI=1S/C17H17ClN2O3S/c1-10-4-3-5-11(6-10)9-23-15-13(18)7-12(8-14(15)22-2)16(21)20-17(19)24/h3-8H,9H2,1-2H3,(H3,19,20,21,24). The predicted molar refractivity (Wildman–Crippen MR) is 97.8 cm³/mol. The molecule has 0 fully saturated rings. The minimum atomic E-state index is -0.465. The molecule has 0 heterocycles. The van der Waals surface area contributed by atoms with Crippen molar-refractivity contribution in [3.05, 3.63) is 58.1 Å². The van der Waals surface area contributed by atoms with Gasteiger partial charge in [-0.25, -0.2) is 0 Å². The maximum absolute atomic E-state index is 12.0. The van der Waals surface area contributed by atoms with Crippen LogP contribution in [0.2, 0.25) is 5.02 Å². The topological polar surface area (TPSA) is 73.6 Å². The highest BCUT2D eigenvalue weighted by Crippen LogP contribution is 2.37. The fourth-order valence-electron chi connectivity index (χ4n) is 2.13. The number of aryl methyl sites for hydroxylation is 1. The van der Waals surface area contributed by atoms with Gasteiger partial charge in [0, 0.05) is 5.56 Å². The molecule has 1 amide bonds. The average Bonchev–Trinajstić information content (AvgIpc) is 2.52. The van der Waals surface area contributed by atoms with Gasteiger partial charge in [0.05, 0.1) is 12.1 Å². The van der Waals surface area contributed by atoms with Gasteiger partial charge >= 0.3 is 0 Å². The molecular weight excluding hydrogens is 348 g/mol. The Morgan fingerprint density at radius 1 is 1.33 bits per heavy atom. The second kappa shape index (κ2) is 7.99. The number of amides is 1. The second-order valence-corrected chi connectivity index (χ2v) is 5.93. The summed E-state index contributed by atoms with van der Waals surface area (Å²) in [7, 11) is 1.47. The zero-order valence-electron chi connectivity index (χ0n) is 13.3. The fourth-order valence-corrected chi connectivity index (χ4v) is 2.49. The molecule has 0 aliphatic carbocycles. The molecule has 2 aromatic carbocycles. The van der Waals surface area contributed by atoms with E-state index in [2.05, 4.69) is 17.5 Å². The number of rotatable bonds is 5. The van der Waals surface area contributed by atoms with Crippen LogP contribution in [0.4, 0.5) is 0 Å². The third-order valence-corrected chi connectivity index (χ3v) is 3.58. The third-order valence-electron chi connectivity index (χ3n) is 3.19. The number of halogens is 1. The van der Waals surface area contributed by atoms with Gasteiger partial charge < -0.3 is 15.2 Å². The Kier molecular flexibility index (Phi) is 6.00. The van der Waals surface area contributed by atoms with Crippen molar-refractivity contribution < 1.29 is 14.3 Å². The van der Waals surface area contributed by atoms with Crippen molar-refractivity contribution in [2.45, 2.75) is 13.5 Å². The van der Waals surface area contributed by atoms with Crippen molar-refractivity contribution in [2.24, 2.45) is 5.73 Å². The highest BCUT2D eigenvalue weighted by Gasteiger charge is 2.16. The number of carbonyl (C=O) groups excluding carboxylic acids is 1. The SMILES string of the molecule is COc1cc(C(=O)NC(N)=S)cc(Cl)c1OCc1cccc(C)c1. The van der Waals surface area contributed by atoms with Crippen LogP contribution in [0.25, 0.3) is 0 Å². The Hall–Kier alpha value is -2.31. The lowest BCUT2D eigenvalue weighted by Crippen LogP contribution is -2.34. The molecule has 0 saturated heterocycles. The number of ether oxygens (including phenoxy) is 2. The van der Waals surface area contributed by atoms with Gasteiger partial charge in [0.1, 0.15) is 6.61 Å². The number of hydrogen-bond acceptors (Lipinski definition) is 4. The van der Waals surface area contributed by atoms with E-state index in [1.54, 1.807) is 0 Å². The predicted octanol–water partition coefficient (Wildman–Crippen LogP) is 3.21. The first-order valence-corrected chi connectivity index (χ1v) is 7.86. The zero-order valence-corrected chi connectivity index (χ0v) is 14.8. The van der Waals surface area contributed by atoms with Crippen molar-refractivity contribution in [3.8, 4) is 11.5 Å². The molecule has 0 atom stereocenters. The molecule has 0 radical (unpaired) electrons. The number of thiocarbonyl (C=S) groups is 1. The molecule has 0 saturated carbocycles. The normalized spacial score (nSPS) is 10.1. The van der Waals surface area contributed by atoms with Crippen LogP contribution in [0.15, 0.2) is 36.4 Å². The summed E-state index contributed by atoms with van der Waals surface area (Å²) in [4.78, 5) is 12.0. The zero-order chi connectivity index (χ0) is 17.7. The van der Waals surface area contributed by atoms with E-state index in [-0.39, 0.29) is 15.7 Å². The molecule has 0 aliphatic rings. The summed E-state index contributed by atoms with van der Waals surface area (Å²) < 4.78 is 11.1. The summed E-state index contributed by atoms with van der Waals surface area (Å²) in [6.07, 6.45) is 0. The van der Waals surface area contributed by atoms with Gasteiger partial charge in [-0.05, 0) is 36.8 Å². The molecule has 2 aromatic rings. The van der Waals surface area contributed by atoms with Crippen molar-refractivity contribution >= 4 is 34.8 Å². The van der Waals surface area contributed by atoms with Crippen LogP contribution in [0.5, 0.6) is 11.5 Å². The number of carbonyl (C=O) groups is 1. The fraction of sp³-hybridized carbons (Fsp3) is 0.176. The molecule has 3 N–H and O–H groups in total. The molecular formula is C17H17ClN2O3S. The molecule has 0 bridgehead atoms. The minimum absolute atomic E-state index is 0.116. The van der Waals surface area contributed by atoms with Crippen molar-refractivity contribution in [1.29, 1.82) is 0 Å². The van der Waals surface area contributed by atoms with Gasteiger partial charge in [0.2, 0.25) is 0 Å². The number of nitrogens with two attached hydrogens (primary N) is 1. The van der Waals surface area contributed by atoms with Gasteiger partial charge in [0.25, 0.3) is 5.91 Å². The largest absolute Gasteiger partial charge is 0.493 e. The molecule has 2 rings (SSSR count). The van der Waals surface area contributed by atoms with Crippen molar-refractivity contribution in [1.82, 2.24) is 5.32 Å². The van der Waals surface area contributed by atoms with E-state index in [0.717, 1.165) is 11.1 Å². The molecule has 24 heavy (non-hydrogen) atoms. The molecule has 5 nitrogen and oxygen atoms in total. The van der Waals surface area contributed by atoms with E-state index in [1.165, 1.54) is 19.2 Å². The Bertz CT molecular complexity index is 780. The first kappa shape index (κ1) is 18.0. The van der Waals surface area contributed by atoms with Gasteiger partial charge in [-0.3, -0.25) is 10.1 Å². The second-order valence-electron chi connectivity index (χ2n) is 5.09. The lowest BCUT2D eigenvalue weighted by molar-refractivity contribution is 0.0977. The number of methoxy groups -OCH3 is 1. The maximum atomic E-state index is 12.0. The summed E-state index contributed by atoms with van der Waals surface area (Å²) >= 11 is 10.9. The van der Waals surface area contributed by atoms with Gasteiger partial charge in [-0.15, -0.1) is 0 Å². The first-order chi connectivity index (χ1) is 11.4. The molecule has 0 unspecified atom stereocenters. The number of benzene rings is 2. The summed E-state index contributed by atoms with van der Waals surface area (Å²) in [6, 6.07) is 10.9. The first-order valence-electron chi connectivity index (χ1n) is 7.07. The quantitative estimate of drug-likeness (QED) is 0.797. The van der Waals surface area contributed by atoms with Crippen molar-refractivity contribution in [3.63, 3.8) is 0 Å². The van der Waals surface area contributed by atoms with Crippen LogP contribution in [0, 0.1) is 6.92 Å². The highest BCUT2D eigenvalue weighted by molar-refractivity contribution is 7.80. The Morgan fingerprint density at radius 2 is 2.08 bits per heavy atom. The van der Waals surface area contributed by atoms with Crippen LogP contribution in [0.3, 0.4) is 0 Å². The van der Waals surface area contributed by atoms with E-state index >= 15 is 0 Å². The molecule has 7 heteroatoms. The van der Waals surface area contributed by atoms with Crippen LogP contribution >= 0.6 is 23.8 Å². The maximum Gasteiger partial charge on any atom is 0.257 e. The number of nitrogens with one attached hydrogen (secondary N) is 1. The molecule has 0 aliphatic heterocycles. The smallest absolute Gasteiger partial charge is 0.257 e. The van der Waals surface area contributed by atoms with Gasteiger partial charge in [0.15, 0.2) is 16.6 Å². The lowest BCUT2D eigenvalue weighted by atomic mass is 10.1. The van der Waals surface area contributed by atoms with E-state index in [9.17, 15) is 4.79 Å². The van der Waals surface area contributed by atoms with E-state index < -0.39 is 5.91 Å². The minimum Gasteiger partial charge on any atom is -0.493 e. The molecule has 0 aromatic heterocycles. The van der Waals surface area contributed by atoms with E-state index in [4.69, 9.17) is 26.8 Å². The van der Waals surface area contributed by atoms with E-state index in [1.807, 2.05) is 31.2 Å². The van der Waals surface area contributed by atoms with E-state index in [0.29, 0.717) is 18.1 Å². The highest BCUT2D eigenvalue weighted by atomic mass is 35.5. The van der Waals surface area contributed by atoms with Crippen LogP contribution < -0.4 is 20.5 Å². The van der Waals surface area contributed by atoms with Crippen LogP contribution in [-0.2, 0) is 6.61 Å². The molecule has 126 valence electrons. The van der Waals surface area contributed by atoms with Crippen molar-refractivity contribution in [2.75, 3.05) is 7.11 Å². The summed E-state index contributed by atoms with van der Waals surface area (Å²) in [5, 5.41) is 2.48. The van der Waals surface area contributed by atoms with Crippen LogP contribution in [-0.4, -0.2) is 18.1 Å². The molecule has 0 spiro atoms. The number of hydrogen-bond donors (Lipinski definition) is 2. The summed E-state index contributed by atoms with van der Waals surface area (Å²) in [5.41, 5.74) is 7.72. The lowest BCUT2D eigenvalue weighted by Gasteiger charge is -2.14.